The first-order chi connectivity index (χ1) is 18.3. The van der Waals surface area contributed by atoms with Crippen LogP contribution in [0.3, 0.4) is 0 Å². The Morgan fingerprint density at radius 1 is 1.13 bits per heavy atom. The smallest absolute Gasteiger partial charge is 0.344 e. The Kier molecular flexibility index (Phi) is 7.02. The number of aromatic nitrogens is 2. The number of nitrogens with zero attached hydrogens (tertiary/aromatic N) is 2. The molecule has 39 heavy (non-hydrogen) atoms. The molecular formula is C27H27ClN2O7S2. The number of sulfone groups is 1. The van der Waals surface area contributed by atoms with E-state index in [1.165, 1.54) is 28.0 Å². The van der Waals surface area contributed by atoms with Gasteiger partial charge in [0, 0.05) is 28.0 Å². The Hall–Kier alpha value is -3.28. The predicted molar refractivity (Wildman–Crippen MR) is 149 cm³/mol. The lowest BCUT2D eigenvalue weighted by molar-refractivity contribution is -0.157. The van der Waals surface area contributed by atoms with Crippen molar-refractivity contribution in [2.45, 2.75) is 45.1 Å². The van der Waals surface area contributed by atoms with Crippen molar-refractivity contribution in [3.05, 3.63) is 57.6 Å². The molecule has 0 spiro atoms. The summed E-state index contributed by atoms with van der Waals surface area (Å²) in [6.07, 6.45) is 0.359. The molecule has 0 saturated heterocycles. The van der Waals surface area contributed by atoms with Gasteiger partial charge in [-0.25, -0.2) is 18.2 Å². The molecule has 0 amide bonds. The number of thiophene rings is 1. The number of hydrogen-bond donors (Lipinski definition) is 2. The normalized spacial score (nSPS) is 14.8. The second kappa shape index (κ2) is 10.0. The van der Waals surface area contributed by atoms with Crippen LogP contribution in [-0.2, 0) is 38.1 Å². The number of pyridine rings is 1. The van der Waals surface area contributed by atoms with Crippen LogP contribution in [-0.4, -0.2) is 52.1 Å². The molecule has 0 radical (unpaired) electrons. The summed E-state index contributed by atoms with van der Waals surface area (Å²) in [4.78, 5) is 18.1. The minimum absolute atomic E-state index is 0.00435. The van der Waals surface area contributed by atoms with E-state index in [-0.39, 0.29) is 36.4 Å². The van der Waals surface area contributed by atoms with Gasteiger partial charge in [-0.15, -0.1) is 11.3 Å². The first kappa shape index (κ1) is 27.3. The van der Waals surface area contributed by atoms with Crippen molar-refractivity contribution in [2.24, 2.45) is 0 Å². The van der Waals surface area contributed by atoms with E-state index in [1.54, 1.807) is 32.9 Å². The average molecular weight is 591 g/mol. The first-order valence-electron chi connectivity index (χ1n) is 12.2. The quantitative estimate of drug-likeness (QED) is 0.298. The molecule has 12 heteroatoms. The highest BCUT2D eigenvalue weighted by molar-refractivity contribution is 7.90. The van der Waals surface area contributed by atoms with Gasteiger partial charge < -0.3 is 19.7 Å². The minimum Gasteiger partial charge on any atom is -0.494 e. The van der Waals surface area contributed by atoms with Gasteiger partial charge in [0.25, 0.3) is 0 Å². The molecule has 4 aromatic rings. The summed E-state index contributed by atoms with van der Waals surface area (Å²) in [5, 5.41) is 21.5. The van der Waals surface area contributed by atoms with E-state index < -0.39 is 21.4 Å². The van der Waals surface area contributed by atoms with Crippen LogP contribution in [0.4, 0.5) is 0 Å². The van der Waals surface area contributed by atoms with Gasteiger partial charge in [0.15, 0.2) is 28.2 Å². The van der Waals surface area contributed by atoms with Gasteiger partial charge in [-0.2, -0.15) is 0 Å². The Labute approximate surface area is 234 Å². The number of esters is 1. The zero-order valence-corrected chi connectivity index (χ0v) is 23.9. The standard InChI is InChI=1S/C27H27ClN2O7S2/c1-27(2,3)37-22(33)13-36-16-6-4-15(5-7-16)23-24-17-10-11-39(34,35)14-19(17)38-26(24)29-18(25(23)28)12-30-20(31)8-9-21(30)32/h4-9,31-32H,10-14H2,1-3H3. The molecule has 3 aromatic heterocycles. The van der Waals surface area contributed by atoms with Crippen molar-refractivity contribution in [3.63, 3.8) is 0 Å². The van der Waals surface area contributed by atoms with Crippen molar-refractivity contribution < 1.29 is 32.9 Å². The number of ether oxygens (including phenoxy) is 2. The summed E-state index contributed by atoms with van der Waals surface area (Å²) < 4.78 is 36.8. The molecule has 0 saturated carbocycles. The average Bonchev–Trinajstić information content (AvgIpc) is 3.35. The molecule has 206 valence electrons. The Morgan fingerprint density at radius 2 is 1.79 bits per heavy atom. The van der Waals surface area contributed by atoms with E-state index in [0.717, 1.165) is 21.4 Å². The number of fused-ring (bicyclic) bond motifs is 3. The molecule has 4 heterocycles. The molecule has 0 bridgehead atoms. The van der Waals surface area contributed by atoms with E-state index >= 15 is 0 Å². The van der Waals surface area contributed by atoms with Crippen LogP contribution in [0.15, 0.2) is 36.4 Å². The van der Waals surface area contributed by atoms with Crippen LogP contribution in [0.25, 0.3) is 21.3 Å². The monoisotopic (exact) mass is 590 g/mol. The predicted octanol–water partition coefficient (Wildman–Crippen LogP) is 5.07. The fourth-order valence-corrected chi connectivity index (χ4v) is 7.89. The van der Waals surface area contributed by atoms with Gasteiger partial charge in [0.1, 0.15) is 16.2 Å². The topological polar surface area (TPSA) is 128 Å². The molecule has 0 unspecified atom stereocenters. The number of hydrogen-bond acceptors (Lipinski definition) is 9. The van der Waals surface area contributed by atoms with Crippen molar-refractivity contribution in [3.8, 4) is 28.6 Å². The molecule has 1 aliphatic rings. The van der Waals surface area contributed by atoms with Crippen molar-refractivity contribution in [1.82, 2.24) is 9.55 Å². The van der Waals surface area contributed by atoms with Crippen LogP contribution in [0.5, 0.6) is 17.5 Å². The third kappa shape index (κ3) is 5.70. The van der Waals surface area contributed by atoms with Crippen LogP contribution < -0.4 is 4.74 Å². The highest BCUT2D eigenvalue weighted by Gasteiger charge is 2.29. The number of carbonyl (C=O) groups is 1. The molecule has 0 fully saturated rings. The van der Waals surface area contributed by atoms with Gasteiger partial charge in [0.05, 0.1) is 28.8 Å². The van der Waals surface area contributed by atoms with Crippen LogP contribution in [0.1, 0.15) is 36.9 Å². The van der Waals surface area contributed by atoms with Gasteiger partial charge in [0.2, 0.25) is 0 Å². The second-order valence-corrected chi connectivity index (χ2v) is 14.0. The molecule has 0 atom stereocenters. The van der Waals surface area contributed by atoms with Crippen molar-refractivity contribution >= 4 is 49.0 Å². The summed E-state index contributed by atoms with van der Waals surface area (Å²) in [5.41, 5.74) is 2.13. The molecule has 1 aliphatic heterocycles. The van der Waals surface area contributed by atoms with Crippen molar-refractivity contribution in [2.75, 3.05) is 12.4 Å². The van der Waals surface area contributed by atoms with Crippen LogP contribution >= 0.6 is 22.9 Å². The highest BCUT2D eigenvalue weighted by Crippen LogP contribution is 2.45. The third-order valence-corrected chi connectivity index (χ3v) is 9.48. The number of halogens is 1. The maximum Gasteiger partial charge on any atom is 0.344 e. The Balaban J connectivity index is 1.56. The second-order valence-electron chi connectivity index (χ2n) is 10.3. The lowest BCUT2D eigenvalue weighted by Gasteiger charge is -2.19. The summed E-state index contributed by atoms with van der Waals surface area (Å²) >= 11 is 8.27. The lowest BCUT2D eigenvalue weighted by atomic mass is 9.97. The van der Waals surface area contributed by atoms with Gasteiger partial charge in [-0.3, -0.25) is 4.57 Å². The SMILES string of the molecule is CC(C)(C)OC(=O)COc1ccc(-c2c(Cl)c(Cn3c(O)ccc3O)nc3sc4c(c23)CCS(=O)(=O)C4)cc1. The lowest BCUT2D eigenvalue weighted by Crippen LogP contribution is -2.27. The summed E-state index contributed by atoms with van der Waals surface area (Å²) in [6, 6.07) is 9.79. The Morgan fingerprint density at radius 3 is 2.44 bits per heavy atom. The minimum atomic E-state index is -3.20. The Bertz CT molecular complexity index is 1660. The van der Waals surface area contributed by atoms with Crippen molar-refractivity contribution in [1.29, 1.82) is 0 Å². The molecule has 9 nitrogen and oxygen atoms in total. The van der Waals surface area contributed by atoms with Crippen LogP contribution in [0.2, 0.25) is 5.02 Å². The van der Waals surface area contributed by atoms with E-state index in [0.29, 0.717) is 33.3 Å². The zero-order chi connectivity index (χ0) is 28.1. The summed E-state index contributed by atoms with van der Waals surface area (Å²) in [7, 11) is -3.20. The van der Waals surface area contributed by atoms with Gasteiger partial charge in [-0.1, -0.05) is 23.7 Å². The molecule has 5 rings (SSSR count). The van der Waals surface area contributed by atoms with E-state index in [2.05, 4.69) is 0 Å². The number of aryl methyl sites for hydroxylation is 1. The first-order valence-corrected chi connectivity index (χ1v) is 15.2. The van der Waals surface area contributed by atoms with E-state index in [9.17, 15) is 23.4 Å². The molecule has 1 aromatic carbocycles. The number of aromatic hydroxyl groups is 2. The van der Waals surface area contributed by atoms with Crippen LogP contribution in [0, 0.1) is 0 Å². The maximum atomic E-state index is 12.3. The summed E-state index contributed by atoms with van der Waals surface area (Å²) in [5.74, 6) is -0.303. The fourth-order valence-electron chi connectivity index (χ4n) is 4.54. The van der Waals surface area contributed by atoms with E-state index in [4.69, 9.17) is 26.1 Å². The highest BCUT2D eigenvalue weighted by atomic mass is 35.5. The number of carbonyl (C=O) groups excluding carboxylic acids is 1. The number of rotatable bonds is 6. The summed E-state index contributed by atoms with van der Waals surface area (Å²) in [6.45, 7) is 5.11. The maximum absolute atomic E-state index is 12.3. The third-order valence-electron chi connectivity index (χ3n) is 6.21. The van der Waals surface area contributed by atoms with Gasteiger partial charge >= 0.3 is 5.97 Å². The molecule has 0 aliphatic carbocycles. The zero-order valence-electron chi connectivity index (χ0n) is 21.5. The largest absolute Gasteiger partial charge is 0.494 e. The van der Waals surface area contributed by atoms with Gasteiger partial charge in [-0.05, 0) is 50.5 Å². The van der Waals surface area contributed by atoms with E-state index in [1.807, 2.05) is 12.1 Å². The fraction of sp³-hybridized carbons (Fsp3) is 0.333. The number of benzene rings is 1. The molecular weight excluding hydrogens is 564 g/mol. The molecule has 2 N–H and O–H groups in total.